The third-order valence-corrected chi connectivity index (χ3v) is 4.64. The van der Waals surface area contributed by atoms with Gasteiger partial charge in [0.2, 0.25) is 5.91 Å². The van der Waals surface area contributed by atoms with E-state index in [0.717, 1.165) is 5.56 Å². The highest BCUT2D eigenvalue weighted by Crippen LogP contribution is 2.23. The molecule has 0 spiro atoms. The van der Waals surface area contributed by atoms with Gasteiger partial charge in [-0.15, -0.1) is 0 Å². The number of urea groups is 1. The van der Waals surface area contributed by atoms with Crippen LogP contribution in [-0.4, -0.2) is 47.5 Å². The molecule has 136 valence electrons. The van der Waals surface area contributed by atoms with E-state index >= 15 is 0 Å². The molecule has 8 heteroatoms. The van der Waals surface area contributed by atoms with Crippen molar-refractivity contribution in [1.29, 1.82) is 0 Å². The molecule has 7 nitrogen and oxygen atoms in total. The van der Waals surface area contributed by atoms with Crippen LogP contribution in [0.2, 0.25) is 5.02 Å². The van der Waals surface area contributed by atoms with Gasteiger partial charge in [0, 0.05) is 36.8 Å². The molecule has 1 aromatic carbocycles. The van der Waals surface area contributed by atoms with Gasteiger partial charge in [-0.1, -0.05) is 17.7 Å². The fourth-order valence-electron chi connectivity index (χ4n) is 2.71. The van der Waals surface area contributed by atoms with Gasteiger partial charge < -0.3 is 20.6 Å². The van der Waals surface area contributed by atoms with Crippen molar-refractivity contribution in [3.05, 3.63) is 28.8 Å². The standard InChI is InChI=1S/C17H22ClN3O4/c1-11-13(18)5-2-6-14(11)20-15(22)7-8-19-17(25)21-9-3-4-12(10-21)16(23)24/h2,5-6,12H,3-4,7-10H2,1H3,(H,19,25)(H,20,22)(H,23,24). The van der Waals surface area contributed by atoms with Gasteiger partial charge in [0.15, 0.2) is 0 Å². The second-order valence-electron chi connectivity index (χ2n) is 6.07. The van der Waals surface area contributed by atoms with Crippen LogP contribution in [0.15, 0.2) is 18.2 Å². The first kappa shape index (κ1) is 19.1. The molecular weight excluding hydrogens is 346 g/mol. The van der Waals surface area contributed by atoms with E-state index in [1.807, 2.05) is 6.92 Å². The number of hydrogen-bond donors (Lipinski definition) is 3. The molecule has 1 atom stereocenters. The van der Waals surface area contributed by atoms with Crippen molar-refractivity contribution in [1.82, 2.24) is 10.2 Å². The molecule has 1 aliphatic rings. The molecule has 0 radical (unpaired) electrons. The summed E-state index contributed by atoms with van der Waals surface area (Å²) < 4.78 is 0. The third-order valence-electron chi connectivity index (χ3n) is 4.23. The number of nitrogens with one attached hydrogen (secondary N) is 2. The summed E-state index contributed by atoms with van der Waals surface area (Å²) in [6.45, 7) is 2.73. The number of carbonyl (C=O) groups excluding carboxylic acids is 2. The van der Waals surface area contributed by atoms with E-state index < -0.39 is 11.9 Å². The quantitative estimate of drug-likeness (QED) is 0.744. The molecular formula is C17H22ClN3O4. The topological polar surface area (TPSA) is 98.7 Å². The number of piperidine rings is 1. The monoisotopic (exact) mass is 367 g/mol. The first-order valence-electron chi connectivity index (χ1n) is 8.19. The fourth-order valence-corrected chi connectivity index (χ4v) is 2.89. The first-order valence-corrected chi connectivity index (χ1v) is 8.57. The maximum atomic E-state index is 12.1. The average molecular weight is 368 g/mol. The van der Waals surface area contributed by atoms with Crippen molar-refractivity contribution in [2.75, 3.05) is 25.0 Å². The van der Waals surface area contributed by atoms with Crippen molar-refractivity contribution in [2.45, 2.75) is 26.2 Å². The summed E-state index contributed by atoms with van der Waals surface area (Å²) in [4.78, 5) is 36.6. The van der Waals surface area contributed by atoms with E-state index in [-0.39, 0.29) is 31.4 Å². The van der Waals surface area contributed by atoms with E-state index in [4.69, 9.17) is 16.7 Å². The average Bonchev–Trinajstić information content (AvgIpc) is 2.59. The molecule has 1 heterocycles. The van der Waals surface area contributed by atoms with Crippen LogP contribution in [0, 0.1) is 12.8 Å². The number of benzene rings is 1. The minimum atomic E-state index is -0.881. The Hall–Kier alpha value is -2.28. The molecule has 1 unspecified atom stereocenters. The van der Waals surface area contributed by atoms with Crippen LogP contribution in [0.1, 0.15) is 24.8 Å². The number of rotatable bonds is 5. The second-order valence-corrected chi connectivity index (χ2v) is 6.47. The smallest absolute Gasteiger partial charge is 0.317 e. The van der Waals surface area contributed by atoms with Gasteiger partial charge in [-0.2, -0.15) is 0 Å². The summed E-state index contributed by atoms with van der Waals surface area (Å²) in [6.07, 6.45) is 1.37. The number of nitrogens with zero attached hydrogens (tertiary/aromatic N) is 1. The highest BCUT2D eigenvalue weighted by Gasteiger charge is 2.27. The van der Waals surface area contributed by atoms with Gasteiger partial charge in [-0.3, -0.25) is 9.59 Å². The van der Waals surface area contributed by atoms with Gasteiger partial charge in [0.1, 0.15) is 0 Å². The lowest BCUT2D eigenvalue weighted by Crippen LogP contribution is -2.47. The zero-order chi connectivity index (χ0) is 18.4. The minimum Gasteiger partial charge on any atom is -0.481 e. The van der Waals surface area contributed by atoms with Gasteiger partial charge in [0.05, 0.1) is 5.92 Å². The normalized spacial score (nSPS) is 17.0. The fraction of sp³-hybridized carbons (Fsp3) is 0.471. The van der Waals surface area contributed by atoms with Crippen molar-refractivity contribution >= 4 is 35.2 Å². The largest absolute Gasteiger partial charge is 0.481 e. The highest BCUT2D eigenvalue weighted by molar-refractivity contribution is 6.31. The third kappa shape index (κ3) is 5.35. The predicted molar refractivity (Wildman–Crippen MR) is 94.8 cm³/mol. The van der Waals surface area contributed by atoms with Crippen LogP contribution in [0.25, 0.3) is 0 Å². The Bertz CT molecular complexity index is 665. The predicted octanol–water partition coefficient (Wildman–Crippen LogP) is 2.48. The van der Waals surface area contributed by atoms with Crippen LogP contribution >= 0.6 is 11.6 Å². The Kier molecular flexibility index (Phi) is 6.64. The first-order chi connectivity index (χ1) is 11.9. The summed E-state index contributed by atoms with van der Waals surface area (Å²) in [5, 5.41) is 15.0. The highest BCUT2D eigenvalue weighted by atomic mass is 35.5. The van der Waals surface area contributed by atoms with Gasteiger partial charge >= 0.3 is 12.0 Å². The Morgan fingerprint density at radius 2 is 2.12 bits per heavy atom. The van der Waals surface area contributed by atoms with Crippen LogP contribution < -0.4 is 10.6 Å². The minimum absolute atomic E-state index is 0.119. The van der Waals surface area contributed by atoms with Crippen LogP contribution in [0.4, 0.5) is 10.5 Å². The maximum Gasteiger partial charge on any atom is 0.317 e. The molecule has 0 aliphatic carbocycles. The van der Waals surface area contributed by atoms with Crippen molar-refractivity contribution in [2.24, 2.45) is 5.92 Å². The Balaban J connectivity index is 1.76. The van der Waals surface area contributed by atoms with E-state index in [0.29, 0.717) is 30.1 Å². The summed E-state index contributed by atoms with van der Waals surface area (Å²) in [6, 6.07) is 4.92. The molecule has 1 aromatic rings. The van der Waals surface area contributed by atoms with E-state index in [1.165, 1.54) is 4.90 Å². The van der Waals surface area contributed by atoms with Crippen molar-refractivity contribution in [3.63, 3.8) is 0 Å². The van der Waals surface area contributed by atoms with Gasteiger partial charge in [-0.05, 0) is 37.5 Å². The maximum absolute atomic E-state index is 12.1. The number of halogens is 1. The summed E-state index contributed by atoms with van der Waals surface area (Å²) in [5.41, 5.74) is 1.43. The molecule has 3 amide bonds. The molecule has 0 aromatic heterocycles. The van der Waals surface area contributed by atoms with Crippen LogP contribution in [0.5, 0.6) is 0 Å². The lowest BCUT2D eigenvalue weighted by atomic mass is 9.99. The summed E-state index contributed by atoms with van der Waals surface area (Å²) in [7, 11) is 0. The van der Waals surface area contributed by atoms with Crippen LogP contribution in [0.3, 0.4) is 0 Å². The molecule has 3 N–H and O–H groups in total. The lowest BCUT2D eigenvalue weighted by molar-refractivity contribution is -0.143. The molecule has 25 heavy (non-hydrogen) atoms. The number of carboxylic acids is 1. The molecule has 1 saturated heterocycles. The molecule has 1 fully saturated rings. The molecule has 1 aliphatic heterocycles. The molecule has 0 bridgehead atoms. The Morgan fingerprint density at radius 3 is 2.84 bits per heavy atom. The van der Waals surface area contributed by atoms with Crippen molar-refractivity contribution in [3.8, 4) is 0 Å². The second kappa shape index (κ2) is 8.71. The Morgan fingerprint density at radius 1 is 1.36 bits per heavy atom. The number of carboxylic acid groups (broad SMARTS) is 1. The van der Waals surface area contributed by atoms with E-state index in [1.54, 1.807) is 18.2 Å². The summed E-state index contributed by atoms with van der Waals surface area (Å²) in [5.74, 6) is -1.63. The SMILES string of the molecule is Cc1c(Cl)cccc1NC(=O)CCNC(=O)N1CCCC(C(=O)O)C1. The number of aliphatic carboxylic acids is 1. The summed E-state index contributed by atoms with van der Waals surface area (Å²) >= 11 is 6.01. The van der Waals surface area contributed by atoms with E-state index in [9.17, 15) is 14.4 Å². The lowest BCUT2D eigenvalue weighted by Gasteiger charge is -2.30. The zero-order valence-corrected chi connectivity index (χ0v) is 14.8. The number of hydrogen-bond acceptors (Lipinski definition) is 3. The molecule has 2 rings (SSSR count). The number of carbonyl (C=O) groups is 3. The van der Waals surface area contributed by atoms with Gasteiger partial charge in [0.25, 0.3) is 0 Å². The van der Waals surface area contributed by atoms with Crippen molar-refractivity contribution < 1.29 is 19.5 Å². The molecule has 0 saturated carbocycles. The van der Waals surface area contributed by atoms with Gasteiger partial charge in [-0.25, -0.2) is 4.79 Å². The number of anilines is 1. The van der Waals surface area contributed by atoms with Crippen LogP contribution in [-0.2, 0) is 9.59 Å². The Labute approximate surface area is 151 Å². The number of likely N-dealkylation sites (tertiary alicyclic amines) is 1. The number of amides is 3. The van der Waals surface area contributed by atoms with E-state index in [2.05, 4.69) is 10.6 Å². The zero-order valence-electron chi connectivity index (χ0n) is 14.0.